The van der Waals surface area contributed by atoms with Crippen LogP contribution in [0.2, 0.25) is 0 Å². The quantitative estimate of drug-likeness (QED) is 0.914. The van der Waals surface area contributed by atoms with Crippen molar-refractivity contribution in [3.63, 3.8) is 0 Å². The van der Waals surface area contributed by atoms with Crippen LogP contribution in [-0.4, -0.2) is 45.1 Å². The van der Waals surface area contributed by atoms with Crippen LogP contribution in [0.25, 0.3) is 0 Å². The average Bonchev–Trinajstić information content (AvgIpc) is 2.73. The molecule has 0 saturated carbocycles. The summed E-state index contributed by atoms with van der Waals surface area (Å²) < 4.78 is 1.78. The second kappa shape index (κ2) is 5.82. The smallest absolute Gasteiger partial charge is 0.0967 e. The lowest BCUT2D eigenvalue weighted by Crippen LogP contribution is -2.61. The second-order valence-electron chi connectivity index (χ2n) is 7.45. The van der Waals surface area contributed by atoms with Gasteiger partial charge in [-0.05, 0) is 11.3 Å². The summed E-state index contributed by atoms with van der Waals surface area (Å²) in [6.07, 6.45) is 2.02. The van der Waals surface area contributed by atoms with Crippen molar-refractivity contribution >= 4 is 0 Å². The van der Waals surface area contributed by atoms with Gasteiger partial charge in [0, 0.05) is 45.0 Å². The van der Waals surface area contributed by atoms with Crippen molar-refractivity contribution in [3.8, 4) is 0 Å². The van der Waals surface area contributed by atoms with Gasteiger partial charge in [0.15, 0.2) is 0 Å². The lowest BCUT2D eigenvalue weighted by Gasteiger charge is -2.46. The average molecular weight is 279 g/mol. The van der Waals surface area contributed by atoms with E-state index in [9.17, 15) is 0 Å². The van der Waals surface area contributed by atoms with E-state index in [0.29, 0.717) is 18.0 Å². The van der Waals surface area contributed by atoms with E-state index in [2.05, 4.69) is 55.1 Å². The highest BCUT2D eigenvalue weighted by Crippen LogP contribution is 2.26. The number of aromatic nitrogens is 3. The number of piperazine rings is 1. The van der Waals surface area contributed by atoms with E-state index in [4.69, 9.17) is 0 Å². The van der Waals surface area contributed by atoms with Crippen molar-refractivity contribution in [1.82, 2.24) is 25.2 Å². The van der Waals surface area contributed by atoms with E-state index in [1.165, 1.54) is 0 Å². The Balaban J connectivity index is 2.10. The summed E-state index contributed by atoms with van der Waals surface area (Å²) in [5, 5.41) is 12.0. The Bertz CT molecular complexity index is 432. The molecular formula is C15H29N5. The minimum Gasteiger partial charge on any atom is -0.311 e. The van der Waals surface area contributed by atoms with Gasteiger partial charge in [-0.15, -0.1) is 5.10 Å². The Kier molecular flexibility index (Phi) is 4.49. The van der Waals surface area contributed by atoms with Crippen molar-refractivity contribution in [2.75, 3.05) is 13.1 Å². The molecule has 1 fully saturated rings. The molecule has 114 valence electrons. The van der Waals surface area contributed by atoms with Crippen LogP contribution in [0.3, 0.4) is 0 Å². The summed E-state index contributed by atoms with van der Waals surface area (Å²) >= 11 is 0. The Labute approximate surface area is 122 Å². The molecule has 1 aromatic heterocycles. The number of rotatable bonds is 3. The zero-order valence-electron chi connectivity index (χ0n) is 13.7. The van der Waals surface area contributed by atoms with E-state index in [1.54, 1.807) is 4.68 Å². The van der Waals surface area contributed by atoms with Crippen LogP contribution in [0.5, 0.6) is 0 Å². The fraction of sp³-hybridized carbons (Fsp3) is 0.867. The number of hydrogen-bond acceptors (Lipinski definition) is 4. The monoisotopic (exact) mass is 279 g/mol. The summed E-state index contributed by atoms with van der Waals surface area (Å²) in [6, 6.07) is 1.09. The van der Waals surface area contributed by atoms with Gasteiger partial charge in [-0.2, -0.15) is 0 Å². The molecular weight excluding hydrogens is 250 g/mol. The van der Waals surface area contributed by atoms with Gasteiger partial charge in [-0.3, -0.25) is 9.58 Å². The molecule has 2 atom stereocenters. The fourth-order valence-electron chi connectivity index (χ4n) is 2.92. The standard InChI is InChI=1S/C15H29N5/c1-11(2)13-7-16-14(15(3,4)5)10-20(13)9-12-8-19(6)18-17-12/h8,11,13-14,16H,7,9-10H2,1-6H3. The van der Waals surface area contributed by atoms with Crippen LogP contribution in [-0.2, 0) is 13.6 Å². The number of aryl methyl sites for hydroxylation is 1. The maximum absolute atomic E-state index is 4.24. The Morgan fingerprint density at radius 2 is 2.10 bits per heavy atom. The van der Waals surface area contributed by atoms with Crippen LogP contribution in [0, 0.1) is 11.3 Å². The molecule has 5 nitrogen and oxygen atoms in total. The van der Waals surface area contributed by atoms with Gasteiger partial charge < -0.3 is 5.32 Å². The Morgan fingerprint density at radius 1 is 1.40 bits per heavy atom. The zero-order valence-corrected chi connectivity index (χ0v) is 13.7. The van der Waals surface area contributed by atoms with Crippen LogP contribution in [0.1, 0.15) is 40.3 Å². The molecule has 5 heteroatoms. The number of nitrogens with zero attached hydrogens (tertiary/aromatic N) is 4. The fourth-order valence-corrected chi connectivity index (χ4v) is 2.92. The van der Waals surface area contributed by atoms with Gasteiger partial charge in [0.2, 0.25) is 0 Å². The van der Waals surface area contributed by atoms with E-state index in [-0.39, 0.29) is 5.41 Å². The van der Waals surface area contributed by atoms with Gasteiger partial charge in [-0.25, -0.2) is 0 Å². The molecule has 1 aromatic rings. The summed E-state index contributed by atoms with van der Waals surface area (Å²) in [7, 11) is 1.92. The molecule has 0 bridgehead atoms. The molecule has 0 aromatic carbocycles. The van der Waals surface area contributed by atoms with Gasteiger partial charge in [0.05, 0.1) is 5.69 Å². The highest BCUT2D eigenvalue weighted by Gasteiger charge is 2.35. The zero-order chi connectivity index (χ0) is 14.9. The SMILES string of the molecule is CC(C)C1CNC(C(C)(C)C)CN1Cc1cn(C)nn1. The lowest BCUT2D eigenvalue weighted by atomic mass is 9.83. The van der Waals surface area contributed by atoms with Crippen LogP contribution >= 0.6 is 0 Å². The molecule has 2 heterocycles. The highest BCUT2D eigenvalue weighted by molar-refractivity contribution is 4.98. The molecule has 0 spiro atoms. The lowest BCUT2D eigenvalue weighted by molar-refractivity contribution is 0.0562. The number of hydrogen-bond donors (Lipinski definition) is 1. The molecule has 1 aliphatic rings. The third kappa shape index (κ3) is 3.58. The summed E-state index contributed by atoms with van der Waals surface area (Å²) in [4.78, 5) is 2.57. The summed E-state index contributed by atoms with van der Waals surface area (Å²) in [6.45, 7) is 14.5. The molecule has 0 radical (unpaired) electrons. The highest BCUT2D eigenvalue weighted by atomic mass is 15.4. The maximum atomic E-state index is 4.24. The molecule has 2 rings (SSSR count). The van der Waals surface area contributed by atoms with Gasteiger partial charge >= 0.3 is 0 Å². The van der Waals surface area contributed by atoms with Crippen LogP contribution in [0.15, 0.2) is 6.20 Å². The van der Waals surface area contributed by atoms with E-state index < -0.39 is 0 Å². The van der Waals surface area contributed by atoms with Crippen molar-refractivity contribution < 1.29 is 0 Å². The molecule has 2 unspecified atom stereocenters. The maximum Gasteiger partial charge on any atom is 0.0967 e. The predicted octanol–water partition coefficient (Wildman–Crippen LogP) is 1.66. The van der Waals surface area contributed by atoms with Crippen molar-refractivity contribution in [2.45, 2.75) is 53.2 Å². The van der Waals surface area contributed by atoms with Crippen molar-refractivity contribution in [1.29, 1.82) is 0 Å². The molecule has 1 aliphatic heterocycles. The first-order valence-electron chi connectivity index (χ1n) is 7.60. The van der Waals surface area contributed by atoms with Gasteiger partial charge in [0.25, 0.3) is 0 Å². The van der Waals surface area contributed by atoms with E-state index in [0.717, 1.165) is 25.3 Å². The topological polar surface area (TPSA) is 46.0 Å². The van der Waals surface area contributed by atoms with Gasteiger partial charge in [0.1, 0.15) is 0 Å². The van der Waals surface area contributed by atoms with Gasteiger partial charge in [-0.1, -0.05) is 39.8 Å². The normalized spacial score (nSPS) is 25.4. The van der Waals surface area contributed by atoms with Crippen molar-refractivity contribution in [2.24, 2.45) is 18.4 Å². The van der Waals surface area contributed by atoms with Crippen LogP contribution < -0.4 is 5.32 Å². The Morgan fingerprint density at radius 3 is 2.60 bits per heavy atom. The third-order valence-electron chi connectivity index (χ3n) is 4.29. The molecule has 1 N–H and O–H groups in total. The summed E-state index contributed by atoms with van der Waals surface area (Å²) in [5.74, 6) is 0.639. The summed E-state index contributed by atoms with van der Waals surface area (Å²) in [5.41, 5.74) is 1.34. The first kappa shape index (κ1) is 15.4. The first-order valence-corrected chi connectivity index (χ1v) is 7.60. The molecule has 1 saturated heterocycles. The minimum atomic E-state index is 0.280. The molecule has 0 amide bonds. The first-order chi connectivity index (χ1) is 9.27. The van der Waals surface area contributed by atoms with E-state index >= 15 is 0 Å². The largest absolute Gasteiger partial charge is 0.311 e. The second-order valence-corrected chi connectivity index (χ2v) is 7.45. The van der Waals surface area contributed by atoms with E-state index in [1.807, 2.05) is 13.2 Å². The predicted molar refractivity (Wildman–Crippen MR) is 81.3 cm³/mol. The van der Waals surface area contributed by atoms with Crippen LogP contribution in [0.4, 0.5) is 0 Å². The molecule has 20 heavy (non-hydrogen) atoms. The Hall–Kier alpha value is -0.940. The third-order valence-corrected chi connectivity index (χ3v) is 4.29. The van der Waals surface area contributed by atoms with Crippen molar-refractivity contribution in [3.05, 3.63) is 11.9 Å². The molecule has 0 aliphatic carbocycles. The number of nitrogens with one attached hydrogen (secondary N) is 1. The minimum absolute atomic E-state index is 0.280.